The highest BCUT2D eigenvalue weighted by Crippen LogP contribution is 2.23. The molecule has 3 rings (SSSR count). The predicted octanol–water partition coefficient (Wildman–Crippen LogP) is 2.10. The van der Waals surface area contributed by atoms with Gasteiger partial charge >= 0.3 is 0 Å². The summed E-state index contributed by atoms with van der Waals surface area (Å²) in [6.07, 6.45) is 2.40. The topological polar surface area (TPSA) is 47.1 Å². The molecule has 2 heterocycles. The number of aromatic nitrogens is 2. The molecule has 4 nitrogen and oxygen atoms in total. The first kappa shape index (κ1) is 12.4. The summed E-state index contributed by atoms with van der Waals surface area (Å²) in [5, 5.41) is 0. The Kier molecular flexibility index (Phi) is 3.14. The van der Waals surface area contributed by atoms with Crippen LogP contribution in [0.5, 0.6) is 0 Å². The van der Waals surface area contributed by atoms with E-state index >= 15 is 0 Å². The van der Waals surface area contributed by atoms with Gasteiger partial charge in [0, 0.05) is 13.1 Å². The fourth-order valence-corrected chi connectivity index (χ4v) is 2.99. The van der Waals surface area contributed by atoms with Crippen LogP contribution in [-0.4, -0.2) is 34.6 Å². The quantitative estimate of drug-likeness (QED) is 0.901. The van der Waals surface area contributed by atoms with Crippen LogP contribution in [0.15, 0.2) is 18.2 Å². The van der Waals surface area contributed by atoms with Crippen LogP contribution in [-0.2, 0) is 6.54 Å². The van der Waals surface area contributed by atoms with Gasteiger partial charge < -0.3 is 15.2 Å². The average Bonchev–Trinajstić information content (AvgIpc) is 2.66. The van der Waals surface area contributed by atoms with Crippen molar-refractivity contribution >= 4 is 17.0 Å². The van der Waals surface area contributed by atoms with Gasteiger partial charge in [-0.25, -0.2) is 9.37 Å². The number of halogens is 1. The summed E-state index contributed by atoms with van der Waals surface area (Å²) in [4.78, 5) is 6.64. The van der Waals surface area contributed by atoms with Crippen molar-refractivity contribution in [2.45, 2.75) is 19.4 Å². The van der Waals surface area contributed by atoms with E-state index in [9.17, 15) is 4.39 Å². The fourth-order valence-electron chi connectivity index (χ4n) is 2.99. The van der Waals surface area contributed by atoms with Crippen molar-refractivity contribution < 1.29 is 4.39 Å². The monoisotopic (exact) mass is 262 g/mol. The lowest BCUT2D eigenvalue weighted by Crippen LogP contribution is -2.34. The molecule has 102 valence electrons. The second-order valence-electron chi connectivity index (χ2n) is 5.48. The van der Waals surface area contributed by atoms with Gasteiger partial charge in [-0.2, -0.15) is 0 Å². The minimum absolute atomic E-state index is 0.241. The van der Waals surface area contributed by atoms with Gasteiger partial charge in [0.25, 0.3) is 0 Å². The summed E-state index contributed by atoms with van der Waals surface area (Å²) in [6.45, 7) is 3.04. The van der Waals surface area contributed by atoms with E-state index in [1.165, 1.54) is 25.0 Å². The maximum absolute atomic E-state index is 13.4. The van der Waals surface area contributed by atoms with E-state index in [-0.39, 0.29) is 5.82 Å². The van der Waals surface area contributed by atoms with Crippen LogP contribution in [0.4, 0.5) is 10.3 Å². The zero-order valence-corrected chi connectivity index (χ0v) is 11.1. The number of hydrogen-bond acceptors (Lipinski definition) is 3. The second kappa shape index (κ2) is 4.81. The van der Waals surface area contributed by atoms with E-state index in [1.807, 2.05) is 4.57 Å². The molecule has 1 saturated heterocycles. The summed E-state index contributed by atoms with van der Waals surface area (Å²) in [5.74, 6) is 0.796. The molecule has 1 atom stereocenters. The first-order valence-electron chi connectivity index (χ1n) is 6.73. The average molecular weight is 262 g/mol. The molecule has 0 radical (unpaired) electrons. The molecule has 0 amide bonds. The number of hydrogen-bond donors (Lipinski definition) is 1. The van der Waals surface area contributed by atoms with E-state index in [2.05, 4.69) is 16.9 Å². The normalized spacial score (nSPS) is 21.1. The molecule has 1 aliphatic rings. The number of nitrogens with zero attached hydrogens (tertiary/aromatic N) is 3. The Balaban J connectivity index is 1.91. The Bertz CT molecular complexity index is 592. The number of anilines is 1. The minimum Gasteiger partial charge on any atom is -0.369 e. The molecular weight excluding hydrogens is 243 g/mol. The van der Waals surface area contributed by atoms with Crippen LogP contribution in [0, 0.1) is 11.7 Å². The smallest absolute Gasteiger partial charge is 0.201 e. The number of nitrogens with two attached hydrogens (primary N) is 1. The zero-order chi connectivity index (χ0) is 13.4. The first-order valence-corrected chi connectivity index (χ1v) is 6.73. The van der Waals surface area contributed by atoms with Crippen molar-refractivity contribution in [3.05, 3.63) is 24.0 Å². The molecule has 1 aromatic heterocycles. The lowest BCUT2D eigenvalue weighted by molar-refractivity contribution is 0.196. The van der Waals surface area contributed by atoms with Crippen molar-refractivity contribution in [1.82, 2.24) is 14.5 Å². The van der Waals surface area contributed by atoms with Crippen molar-refractivity contribution in [2.75, 3.05) is 25.9 Å². The Hall–Kier alpha value is -1.62. The Morgan fingerprint density at radius 2 is 2.32 bits per heavy atom. The molecule has 0 aliphatic carbocycles. The maximum atomic E-state index is 13.4. The highest BCUT2D eigenvalue weighted by atomic mass is 19.1. The summed E-state index contributed by atoms with van der Waals surface area (Å²) in [7, 11) is 2.14. The van der Waals surface area contributed by atoms with Gasteiger partial charge in [0.15, 0.2) is 0 Å². The van der Waals surface area contributed by atoms with Gasteiger partial charge in [-0.05, 0) is 50.6 Å². The van der Waals surface area contributed by atoms with Crippen LogP contribution in [0.25, 0.3) is 11.0 Å². The minimum atomic E-state index is -0.241. The molecule has 5 heteroatoms. The van der Waals surface area contributed by atoms with E-state index in [0.717, 1.165) is 30.7 Å². The van der Waals surface area contributed by atoms with Crippen LogP contribution < -0.4 is 5.73 Å². The zero-order valence-electron chi connectivity index (χ0n) is 11.1. The number of piperidine rings is 1. The summed E-state index contributed by atoms with van der Waals surface area (Å²) in [6, 6.07) is 4.63. The standard InChI is InChI=1S/C14H19FN4/c1-18-6-2-3-10(8-18)9-19-13-7-11(15)4-5-12(13)17-14(19)16/h4-5,7,10H,2-3,6,8-9H2,1H3,(H2,16,17). The fraction of sp³-hybridized carbons (Fsp3) is 0.500. The largest absolute Gasteiger partial charge is 0.369 e. The van der Waals surface area contributed by atoms with Crippen molar-refractivity contribution in [1.29, 1.82) is 0 Å². The Labute approximate surface area is 112 Å². The molecule has 1 unspecified atom stereocenters. The lowest BCUT2D eigenvalue weighted by Gasteiger charge is -2.30. The highest BCUT2D eigenvalue weighted by Gasteiger charge is 2.19. The van der Waals surface area contributed by atoms with Crippen LogP contribution in [0.1, 0.15) is 12.8 Å². The molecule has 1 aliphatic heterocycles. The Morgan fingerprint density at radius 3 is 3.11 bits per heavy atom. The molecule has 1 fully saturated rings. The van der Waals surface area contributed by atoms with Gasteiger partial charge in [-0.3, -0.25) is 0 Å². The number of imidazole rings is 1. The lowest BCUT2D eigenvalue weighted by atomic mass is 9.98. The number of rotatable bonds is 2. The van der Waals surface area contributed by atoms with Crippen LogP contribution in [0.2, 0.25) is 0 Å². The van der Waals surface area contributed by atoms with Crippen LogP contribution >= 0.6 is 0 Å². The van der Waals surface area contributed by atoms with Gasteiger partial charge in [-0.1, -0.05) is 0 Å². The van der Waals surface area contributed by atoms with E-state index in [1.54, 1.807) is 6.07 Å². The van der Waals surface area contributed by atoms with Crippen molar-refractivity contribution in [3.63, 3.8) is 0 Å². The number of nitrogen functional groups attached to an aromatic ring is 1. The highest BCUT2D eigenvalue weighted by molar-refractivity contribution is 5.78. The van der Waals surface area contributed by atoms with Gasteiger partial charge in [-0.15, -0.1) is 0 Å². The van der Waals surface area contributed by atoms with Crippen LogP contribution in [0.3, 0.4) is 0 Å². The molecule has 0 saturated carbocycles. The van der Waals surface area contributed by atoms with Gasteiger partial charge in [0.2, 0.25) is 5.95 Å². The van der Waals surface area contributed by atoms with Gasteiger partial charge in [0.1, 0.15) is 5.82 Å². The molecule has 2 aromatic rings. The second-order valence-corrected chi connectivity index (χ2v) is 5.48. The number of benzene rings is 1. The molecule has 19 heavy (non-hydrogen) atoms. The SMILES string of the molecule is CN1CCCC(Cn2c(N)nc3ccc(F)cc32)C1. The third-order valence-corrected chi connectivity index (χ3v) is 3.90. The molecule has 1 aromatic carbocycles. The van der Waals surface area contributed by atoms with E-state index in [0.29, 0.717) is 11.9 Å². The molecular formula is C14H19FN4. The Morgan fingerprint density at radius 1 is 1.47 bits per heavy atom. The first-order chi connectivity index (χ1) is 9.13. The van der Waals surface area contributed by atoms with E-state index in [4.69, 9.17) is 5.73 Å². The third-order valence-electron chi connectivity index (χ3n) is 3.90. The number of likely N-dealkylation sites (tertiary alicyclic amines) is 1. The van der Waals surface area contributed by atoms with Crippen molar-refractivity contribution in [2.24, 2.45) is 5.92 Å². The summed E-state index contributed by atoms with van der Waals surface area (Å²) in [5.41, 5.74) is 7.53. The molecule has 0 spiro atoms. The maximum Gasteiger partial charge on any atom is 0.201 e. The summed E-state index contributed by atoms with van der Waals surface area (Å²) < 4.78 is 15.3. The number of fused-ring (bicyclic) bond motifs is 1. The summed E-state index contributed by atoms with van der Waals surface area (Å²) >= 11 is 0. The molecule has 0 bridgehead atoms. The van der Waals surface area contributed by atoms with Crippen molar-refractivity contribution in [3.8, 4) is 0 Å². The van der Waals surface area contributed by atoms with Gasteiger partial charge in [0.05, 0.1) is 11.0 Å². The van der Waals surface area contributed by atoms with E-state index < -0.39 is 0 Å². The third kappa shape index (κ3) is 2.42. The predicted molar refractivity (Wildman–Crippen MR) is 74.3 cm³/mol. The molecule has 2 N–H and O–H groups in total.